The summed E-state index contributed by atoms with van der Waals surface area (Å²) in [6.45, 7) is 1.55. The maximum Gasteiger partial charge on any atom is 0.342 e. The van der Waals surface area contributed by atoms with Crippen molar-refractivity contribution in [3.05, 3.63) is 41.0 Å². The lowest BCUT2D eigenvalue weighted by atomic mass is 10.1. The smallest absolute Gasteiger partial charge is 0.342 e. The summed E-state index contributed by atoms with van der Waals surface area (Å²) in [5.74, 6) is -0.875. The zero-order valence-corrected chi connectivity index (χ0v) is 13.3. The fraction of sp³-hybridized carbons (Fsp3) is 0.312. The van der Waals surface area contributed by atoms with E-state index in [1.54, 1.807) is 31.2 Å². The first kappa shape index (κ1) is 15.6. The summed E-state index contributed by atoms with van der Waals surface area (Å²) in [7, 11) is 0. The molecular formula is C16H16ClN3O3. The molecule has 6 nitrogen and oxygen atoms in total. The molecule has 1 aliphatic carbocycles. The number of aromatic nitrogens is 2. The summed E-state index contributed by atoms with van der Waals surface area (Å²) < 4.78 is 5.23. The maximum absolute atomic E-state index is 12.3. The number of halogens is 1. The number of rotatable bonds is 5. The summed E-state index contributed by atoms with van der Waals surface area (Å²) in [4.78, 5) is 24.2. The van der Waals surface area contributed by atoms with Gasteiger partial charge in [-0.1, -0.05) is 23.7 Å². The molecule has 1 unspecified atom stereocenters. The van der Waals surface area contributed by atoms with Gasteiger partial charge in [-0.3, -0.25) is 9.89 Å². The lowest BCUT2D eigenvalue weighted by molar-refractivity contribution is -0.129. The fourth-order valence-corrected chi connectivity index (χ4v) is 2.23. The molecule has 23 heavy (non-hydrogen) atoms. The van der Waals surface area contributed by atoms with Gasteiger partial charge in [-0.2, -0.15) is 5.10 Å². The van der Waals surface area contributed by atoms with Crippen LogP contribution in [0.5, 0.6) is 0 Å². The number of esters is 1. The van der Waals surface area contributed by atoms with E-state index in [2.05, 4.69) is 15.5 Å². The highest BCUT2D eigenvalue weighted by atomic mass is 35.5. The van der Waals surface area contributed by atoms with E-state index in [1.807, 2.05) is 0 Å². The number of aromatic amines is 1. The Morgan fingerprint density at radius 3 is 2.70 bits per heavy atom. The molecule has 0 aliphatic heterocycles. The van der Waals surface area contributed by atoms with Crippen LogP contribution in [0.15, 0.2) is 30.5 Å². The van der Waals surface area contributed by atoms with Crippen molar-refractivity contribution in [2.75, 3.05) is 0 Å². The number of hydrogen-bond donors (Lipinski definition) is 2. The first-order valence-electron chi connectivity index (χ1n) is 7.35. The topological polar surface area (TPSA) is 84.1 Å². The van der Waals surface area contributed by atoms with Crippen LogP contribution in [-0.4, -0.2) is 34.2 Å². The molecule has 2 aromatic rings. The van der Waals surface area contributed by atoms with Crippen molar-refractivity contribution in [2.24, 2.45) is 0 Å². The predicted octanol–water partition coefficient (Wildman–Crippen LogP) is 2.55. The minimum Gasteiger partial charge on any atom is -0.449 e. The minimum atomic E-state index is -0.851. The third-order valence-electron chi connectivity index (χ3n) is 3.57. The van der Waals surface area contributed by atoms with Crippen LogP contribution in [0, 0.1) is 0 Å². The van der Waals surface area contributed by atoms with Gasteiger partial charge >= 0.3 is 5.97 Å². The molecule has 3 rings (SSSR count). The van der Waals surface area contributed by atoms with Crippen LogP contribution in [-0.2, 0) is 9.53 Å². The molecule has 0 bridgehead atoms. The first-order chi connectivity index (χ1) is 11.0. The first-order valence-corrected chi connectivity index (χ1v) is 7.73. The number of carbonyl (C=O) groups is 2. The van der Waals surface area contributed by atoms with E-state index < -0.39 is 12.1 Å². The summed E-state index contributed by atoms with van der Waals surface area (Å²) in [5.41, 5.74) is 1.56. The standard InChI is InChI=1S/C16H16ClN3O3/c1-9(15(21)19-12-6-7-12)23-16(22)13-8-18-20-14(13)10-2-4-11(17)5-3-10/h2-5,8-9,12H,6-7H2,1H3,(H,18,20)(H,19,21). The second-order valence-corrected chi connectivity index (χ2v) is 5.93. The minimum absolute atomic E-state index is 0.224. The van der Waals surface area contributed by atoms with E-state index in [1.165, 1.54) is 6.20 Å². The van der Waals surface area contributed by atoms with Crippen LogP contribution in [0.3, 0.4) is 0 Å². The largest absolute Gasteiger partial charge is 0.449 e. The Morgan fingerprint density at radius 2 is 2.04 bits per heavy atom. The number of hydrogen-bond acceptors (Lipinski definition) is 4. The molecule has 7 heteroatoms. The Kier molecular flexibility index (Phi) is 4.34. The van der Waals surface area contributed by atoms with Crippen LogP contribution < -0.4 is 5.32 Å². The Labute approximate surface area is 138 Å². The summed E-state index contributed by atoms with van der Waals surface area (Å²) in [6.07, 6.45) is 2.50. The highest BCUT2D eigenvalue weighted by molar-refractivity contribution is 6.30. The molecular weight excluding hydrogens is 318 g/mol. The van der Waals surface area contributed by atoms with Crippen LogP contribution >= 0.6 is 11.6 Å². The zero-order chi connectivity index (χ0) is 16.4. The Bertz CT molecular complexity index is 722. The van der Waals surface area contributed by atoms with E-state index in [0.717, 1.165) is 18.4 Å². The van der Waals surface area contributed by atoms with Gasteiger partial charge in [0.25, 0.3) is 5.91 Å². The molecule has 0 spiro atoms. The van der Waals surface area contributed by atoms with E-state index >= 15 is 0 Å². The molecule has 120 valence electrons. The summed E-state index contributed by atoms with van der Waals surface area (Å²) >= 11 is 5.86. The Hall–Kier alpha value is -2.34. The number of amides is 1. The predicted molar refractivity (Wildman–Crippen MR) is 85.1 cm³/mol. The second kappa shape index (κ2) is 6.42. The number of ether oxygens (including phenoxy) is 1. The molecule has 2 N–H and O–H groups in total. The van der Waals surface area contributed by atoms with Crippen LogP contribution in [0.2, 0.25) is 5.02 Å². The number of carbonyl (C=O) groups excluding carboxylic acids is 2. The lowest BCUT2D eigenvalue weighted by Crippen LogP contribution is -2.37. The van der Waals surface area contributed by atoms with Gasteiger partial charge < -0.3 is 10.1 Å². The average molecular weight is 334 g/mol. The van der Waals surface area contributed by atoms with Gasteiger partial charge in [0.15, 0.2) is 6.10 Å². The molecule has 1 saturated carbocycles. The van der Waals surface area contributed by atoms with Gasteiger partial charge in [0.05, 0.1) is 11.9 Å². The van der Waals surface area contributed by atoms with Crippen molar-refractivity contribution in [1.29, 1.82) is 0 Å². The van der Waals surface area contributed by atoms with Gasteiger partial charge in [0.1, 0.15) is 5.56 Å². The quantitative estimate of drug-likeness (QED) is 0.824. The lowest BCUT2D eigenvalue weighted by Gasteiger charge is -2.13. The van der Waals surface area contributed by atoms with E-state index in [-0.39, 0.29) is 17.5 Å². The SMILES string of the molecule is CC(OC(=O)c1cn[nH]c1-c1ccc(Cl)cc1)C(=O)NC1CC1. The van der Waals surface area contributed by atoms with Crippen molar-refractivity contribution in [1.82, 2.24) is 15.5 Å². The third-order valence-corrected chi connectivity index (χ3v) is 3.82. The van der Waals surface area contributed by atoms with Gasteiger partial charge in [0.2, 0.25) is 0 Å². The van der Waals surface area contributed by atoms with Gasteiger partial charge in [-0.25, -0.2) is 4.79 Å². The zero-order valence-electron chi connectivity index (χ0n) is 12.5. The monoisotopic (exact) mass is 333 g/mol. The molecule has 1 aromatic carbocycles. The highest BCUT2D eigenvalue weighted by Gasteiger charge is 2.28. The molecule has 1 atom stereocenters. The van der Waals surface area contributed by atoms with Crippen molar-refractivity contribution in [3.63, 3.8) is 0 Å². The van der Waals surface area contributed by atoms with Gasteiger partial charge in [0, 0.05) is 16.6 Å². The molecule has 1 fully saturated rings. The van der Waals surface area contributed by atoms with Crippen LogP contribution in [0.1, 0.15) is 30.1 Å². The molecule has 1 amide bonds. The Balaban J connectivity index is 1.71. The Morgan fingerprint density at radius 1 is 1.35 bits per heavy atom. The number of nitrogens with zero attached hydrogens (tertiary/aromatic N) is 1. The van der Waals surface area contributed by atoms with Gasteiger partial charge in [-0.15, -0.1) is 0 Å². The number of nitrogens with one attached hydrogen (secondary N) is 2. The van der Waals surface area contributed by atoms with Crippen LogP contribution in [0.25, 0.3) is 11.3 Å². The summed E-state index contributed by atoms with van der Waals surface area (Å²) in [5, 5.41) is 10.1. The highest BCUT2D eigenvalue weighted by Crippen LogP contribution is 2.24. The van der Waals surface area contributed by atoms with E-state index in [4.69, 9.17) is 16.3 Å². The molecule has 1 aliphatic rings. The van der Waals surface area contributed by atoms with Crippen molar-refractivity contribution < 1.29 is 14.3 Å². The van der Waals surface area contributed by atoms with E-state index in [9.17, 15) is 9.59 Å². The number of H-pyrrole nitrogens is 1. The molecule has 1 aromatic heterocycles. The van der Waals surface area contributed by atoms with Crippen LogP contribution in [0.4, 0.5) is 0 Å². The number of benzene rings is 1. The average Bonchev–Trinajstić information content (AvgIpc) is 3.20. The molecule has 1 heterocycles. The fourth-order valence-electron chi connectivity index (χ4n) is 2.10. The normalized spacial score (nSPS) is 15.0. The van der Waals surface area contributed by atoms with Gasteiger partial charge in [-0.05, 0) is 31.9 Å². The second-order valence-electron chi connectivity index (χ2n) is 5.50. The van der Waals surface area contributed by atoms with E-state index in [0.29, 0.717) is 10.7 Å². The van der Waals surface area contributed by atoms with Crippen molar-refractivity contribution in [2.45, 2.75) is 31.9 Å². The molecule has 0 radical (unpaired) electrons. The summed E-state index contributed by atoms with van der Waals surface area (Å²) in [6, 6.07) is 7.21. The molecule has 0 saturated heterocycles. The van der Waals surface area contributed by atoms with Crippen molar-refractivity contribution >= 4 is 23.5 Å². The third kappa shape index (κ3) is 3.71. The van der Waals surface area contributed by atoms with Crippen molar-refractivity contribution in [3.8, 4) is 11.3 Å². The maximum atomic E-state index is 12.3.